The Hall–Kier alpha value is -1.80. The summed E-state index contributed by atoms with van der Waals surface area (Å²) in [5.74, 6) is 0.700. The number of benzene rings is 2. The number of phenols is 1. The predicted octanol–water partition coefficient (Wildman–Crippen LogP) is 3.40. The molecular weight excluding hydrogens is 246 g/mol. The second-order valence-electron chi connectivity index (χ2n) is 5.84. The van der Waals surface area contributed by atoms with Gasteiger partial charge in [0.25, 0.3) is 0 Å². The summed E-state index contributed by atoms with van der Waals surface area (Å²) in [7, 11) is 4.29. The first-order chi connectivity index (χ1) is 9.66. The van der Waals surface area contributed by atoms with Gasteiger partial charge in [-0.1, -0.05) is 36.4 Å². The Morgan fingerprint density at radius 1 is 1.05 bits per heavy atom. The molecule has 0 spiro atoms. The number of aryl methyl sites for hydroxylation is 1. The van der Waals surface area contributed by atoms with E-state index in [-0.39, 0.29) is 0 Å². The summed E-state index contributed by atoms with van der Waals surface area (Å²) >= 11 is 0. The van der Waals surface area contributed by atoms with E-state index in [4.69, 9.17) is 0 Å². The van der Waals surface area contributed by atoms with Crippen molar-refractivity contribution in [1.29, 1.82) is 0 Å². The van der Waals surface area contributed by atoms with Gasteiger partial charge < -0.3 is 10.0 Å². The van der Waals surface area contributed by atoms with E-state index in [1.54, 1.807) is 6.07 Å². The molecule has 2 aromatic carbocycles. The molecule has 0 amide bonds. The third kappa shape index (κ3) is 2.32. The van der Waals surface area contributed by atoms with Gasteiger partial charge >= 0.3 is 0 Å². The topological polar surface area (TPSA) is 23.5 Å². The molecule has 1 aliphatic carbocycles. The minimum atomic E-state index is 0.335. The van der Waals surface area contributed by atoms with Gasteiger partial charge in [0, 0.05) is 12.0 Å². The number of rotatable bonds is 2. The Morgan fingerprint density at radius 3 is 2.50 bits per heavy atom. The van der Waals surface area contributed by atoms with E-state index in [0.29, 0.717) is 17.7 Å². The third-order valence-corrected chi connectivity index (χ3v) is 4.38. The monoisotopic (exact) mass is 267 g/mol. The number of fused-ring (bicyclic) bond motifs is 1. The number of aromatic hydroxyl groups is 1. The van der Waals surface area contributed by atoms with Crippen LogP contribution < -0.4 is 0 Å². The lowest BCUT2D eigenvalue weighted by Gasteiger charge is -2.38. The van der Waals surface area contributed by atoms with Crippen molar-refractivity contribution >= 4 is 0 Å². The van der Waals surface area contributed by atoms with Gasteiger partial charge in [-0.25, -0.2) is 0 Å². The average molecular weight is 267 g/mol. The Bertz CT molecular complexity index is 592. The molecule has 0 aromatic heterocycles. The fraction of sp³-hybridized carbons (Fsp3) is 0.333. The molecule has 104 valence electrons. The van der Waals surface area contributed by atoms with Crippen LogP contribution in [0.5, 0.6) is 5.75 Å². The highest BCUT2D eigenvalue weighted by Gasteiger charge is 2.32. The molecule has 20 heavy (non-hydrogen) atoms. The maximum atomic E-state index is 9.86. The van der Waals surface area contributed by atoms with Gasteiger partial charge in [0.15, 0.2) is 0 Å². The lowest BCUT2D eigenvalue weighted by atomic mass is 9.75. The molecule has 0 fully saturated rings. The minimum absolute atomic E-state index is 0.335. The van der Waals surface area contributed by atoms with Crippen molar-refractivity contribution in [2.45, 2.75) is 24.8 Å². The maximum absolute atomic E-state index is 9.86. The molecule has 0 saturated heterocycles. The average Bonchev–Trinajstić information content (AvgIpc) is 2.46. The molecule has 2 nitrogen and oxygen atoms in total. The smallest absolute Gasteiger partial charge is 0.115 e. The molecule has 2 heteroatoms. The lowest BCUT2D eigenvalue weighted by Crippen LogP contribution is -2.38. The largest absolute Gasteiger partial charge is 0.508 e. The first kappa shape index (κ1) is 13.2. The number of phenolic OH excluding ortho intramolecular Hbond substituents is 1. The highest BCUT2D eigenvalue weighted by atomic mass is 16.3. The SMILES string of the molecule is CN(C)[C@H]1CCc2ccc(O)cc2[C@@H]1c1ccccc1. The fourth-order valence-corrected chi connectivity index (χ4v) is 3.40. The molecule has 1 aliphatic rings. The third-order valence-electron chi connectivity index (χ3n) is 4.38. The van der Waals surface area contributed by atoms with Gasteiger partial charge in [-0.2, -0.15) is 0 Å². The Balaban J connectivity index is 2.13. The van der Waals surface area contributed by atoms with Crippen molar-refractivity contribution in [1.82, 2.24) is 4.90 Å². The molecule has 2 aromatic rings. The Morgan fingerprint density at radius 2 is 1.80 bits per heavy atom. The predicted molar refractivity (Wildman–Crippen MR) is 82.2 cm³/mol. The number of nitrogens with zero attached hydrogens (tertiary/aromatic N) is 1. The summed E-state index contributed by atoms with van der Waals surface area (Å²) in [4.78, 5) is 2.31. The molecule has 3 rings (SSSR count). The van der Waals surface area contributed by atoms with Crippen molar-refractivity contribution in [2.75, 3.05) is 14.1 Å². The molecular formula is C18H21NO. The molecule has 1 N–H and O–H groups in total. The molecule has 0 bridgehead atoms. The summed E-state index contributed by atoms with van der Waals surface area (Å²) in [5, 5.41) is 9.86. The zero-order chi connectivity index (χ0) is 14.1. The summed E-state index contributed by atoms with van der Waals surface area (Å²) in [6, 6.07) is 16.9. The van der Waals surface area contributed by atoms with Crippen molar-refractivity contribution in [3.8, 4) is 5.75 Å². The van der Waals surface area contributed by atoms with Crippen LogP contribution in [-0.4, -0.2) is 30.1 Å². The van der Waals surface area contributed by atoms with Crippen molar-refractivity contribution in [2.24, 2.45) is 0 Å². The number of hydrogen-bond acceptors (Lipinski definition) is 2. The van der Waals surface area contributed by atoms with Crippen molar-refractivity contribution < 1.29 is 5.11 Å². The van der Waals surface area contributed by atoms with Crippen LogP contribution in [0.25, 0.3) is 0 Å². The van der Waals surface area contributed by atoms with Gasteiger partial charge in [0.05, 0.1) is 0 Å². The normalized spacial score (nSPS) is 21.8. The molecule has 0 aliphatic heterocycles. The van der Waals surface area contributed by atoms with Crippen LogP contribution in [0.1, 0.15) is 29.0 Å². The Labute approximate surface area is 120 Å². The fourth-order valence-electron chi connectivity index (χ4n) is 3.40. The van der Waals surface area contributed by atoms with Crippen LogP contribution in [0.3, 0.4) is 0 Å². The molecule has 0 unspecified atom stereocenters. The second kappa shape index (κ2) is 5.29. The zero-order valence-electron chi connectivity index (χ0n) is 12.1. The van der Waals surface area contributed by atoms with Gasteiger partial charge in [0.2, 0.25) is 0 Å². The number of hydrogen-bond donors (Lipinski definition) is 1. The van der Waals surface area contributed by atoms with Crippen molar-refractivity contribution in [3.63, 3.8) is 0 Å². The van der Waals surface area contributed by atoms with Crippen LogP contribution in [0.4, 0.5) is 0 Å². The molecule has 0 radical (unpaired) electrons. The zero-order valence-corrected chi connectivity index (χ0v) is 12.1. The van der Waals surface area contributed by atoms with E-state index in [1.165, 1.54) is 16.7 Å². The summed E-state index contributed by atoms with van der Waals surface area (Å²) in [5.41, 5.74) is 3.98. The first-order valence-corrected chi connectivity index (χ1v) is 7.20. The highest BCUT2D eigenvalue weighted by molar-refractivity contribution is 5.45. The van der Waals surface area contributed by atoms with E-state index in [2.05, 4.69) is 55.4 Å². The van der Waals surface area contributed by atoms with E-state index in [9.17, 15) is 5.11 Å². The van der Waals surface area contributed by atoms with Crippen LogP contribution in [0.15, 0.2) is 48.5 Å². The highest BCUT2D eigenvalue weighted by Crippen LogP contribution is 2.39. The summed E-state index contributed by atoms with van der Waals surface area (Å²) in [6.45, 7) is 0. The quantitative estimate of drug-likeness (QED) is 0.901. The van der Waals surface area contributed by atoms with Gasteiger partial charge in [-0.3, -0.25) is 0 Å². The van der Waals surface area contributed by atoms with E-state index in [1.807, 2.05) is 6.07 Å². The van der Waals surface area contributed by atoms with Crippen LogP contribution in [-0.2, 0) is 6.42 Å². The van der Waals surface area contributed by atoms with E-state index >= 15 is 0 Å². The summed E-state index contributed by atoms with van der Waals surface area (Å²) < 4.78 is 0. The number of likely N-dealkylation sites (N-methyl/N-ethyl adjacent to an activating group) is 1. The summed E-state index contributed by atoms with van der Waals surface area (Å²) in [6.07, 6.45) is 2.24. The second-order valence-corrected chi connectivity index (χ2v) is 5.84. The van der Waals surface area contributed by atoms with Gasteiger partial charge in [-0.15, -0.1) is 0 Å². The standard InChI is InChI=1S/C18H21NO/c1-19(2)17-11-9-13-8-10-15(20)12-16(13)18(17)14-6-4-3-5-7-14/h3-8,10,12,17-18,20H,9,11H2,1-2H3/t17-,18-/m0/s1. The van der Waals surface area contributed by atoms with E-state index in [0.717, 1.165) is 12.8 Å². The molecule has 0 heterocycles. The van der Waals surface area contributed by atoms with Crippen LogP contribution in [0.2, 0.25) is 0 Å². The van der Waals surface area contributed by atoms with Gasteiger partial charge in [-0.05, 0) is 55.8 Å². The first-order valence-electron chi connectivity index (χ1n) is 7.20. The van der Waals surface area contributed by atoms with Crippen molar-refractivity contribution in [3.05, 3.63) is 65.2 Å². The van der Waals surface area contributed by atoms with Crippen LogP contribution >= 0.6 is 0 Å². The molecule has 2 atom stereocenters. The maximum Gasteiger partial charge on any atom is 0.115 e. The molecule has 0 saturated carbocycles. The minimum Gasteiger partial charge on any atom is -0.508 e. The Kier molecular flexibility index (Phi) is 3.49. The van der Waals surface area contributed by atoms with Gasteiger partial charge in [0.1, 0.15) is 5.75 Å². The van der Waals surface area contributed by atoms with E-state index < -0.39 is 0 Å². The lowest BCUT2D eigenvalue weighted by molar-refractivity contribution is 0.245. The van der Waals surface area contributed by atoms with Crippen LogP contribution in [0, 0.1) is 0 Å².